The molecule has 31 heavy (non-hydrogen) atoms. The van der Waals surface area contributed by atoms with E-state index >= 15 is 0 Å². The lowest BCUT2D eigenvalue weighted by molar-refractivity contribution is -0.136. The van der Waals surface area contributed by atoms with Crippen LogP contribution in [0.1, 0.15) is 27.8 Å². The fourth-order valence-electron chi connectivity index (χ4n) is 2.59. The predicted molar refractivity (Wildman–Crippen MR) is 91.2 cm³/mol. The maximum atomic E-state index is 13.2. The number of hydrogen-bond donors (Lipinski definition) is 0. The molecule has 162 valence electrons. The van der Waals surface area contributed by atoms with Crippen molar-refractivity contribution in [1.82, 2.24) is 10.1 Å². The first-order chi connectivity index (χ1) is 14.5. The molecule has 0 bridgehead atoms. The van der Waals surface area contributed by atoms with Gasteiger partial charge in [0.15, 0.2) is 17.3 Å². The summed E-state index contributed by atoms with van der Waals surface area (Å²) in [6.07, 6.45) is -8.53. The van der Waals surface area contributed by atoms with Gasteiger partial charge in [-0.2, -0.15) is 31.3 Å². The van der Waals surface area contributed by atoms with E-state index in [4.69, 9.17) is 15.5 Å². The zero-order chi connectivity index (χ0) is 22.8. The number of halogens is 6. The zero-order valence-corrected chi connectivity index (χ0v) is 15.2. The van der Waals surface area contributed by atoms with Crippen LogP contribution in [0.15, 0.2) is 45.5 Å². The molecule has 0 radical (unpaired) electrons. The van der Waals surface area contributed by atoms with E-state index in [2.05, 4.69) is 15.0 Å². The van der Waals surface area contributed by atoms with Crippen LogP contribution in [0.5, 0.6) is 0 Å². The number of anilines is 1. The van der Waals surface area contributed by atoms with Crippen LogP contribution >= 0.6 is 0 Å². The Labute approximate surface area is 169 Å². The molecule has 0 amide bonds. The average Bonchev–Trinajstić information content (AvgIpc) is 3.37. The van der Waals surface area contributed by atoms with E-state index in [0.717, 1.165) is 12.1 Å². The molecule has 3 aromatic rings. The second-order valence-corrected chi connectivity index (χ2v) is 6.10. The van der Waals surface area contributed by atoms with Crippen LogP contribution in [-0.2, 0) is 12.7 Å². The Morgan fingerprint density at radius 2 is 1.90 bits per heavy atom. The van der Waals surface area contributed by atoms with Gasteiger partial charge in [-0.25, -0.2) is 4.85 Å². The first kappa shape index (κ1) is 21.9. The fourth-order valence-corrected chi connectivity index (χ4v) is 2.59. The summed E-state index contributed by atoms with van der Waals surface area (Å²) >= 11 is 0. The maximum Gasteiger partial charge on any atom is 0.407 e. The molecule has 0 aliphatic rings. The Morgan fingerprint density at radius 3 is 2.48 bits per heavy atom. The SMILES string of the molecule is [C-]#[N+]c1ccc(N(Cc2noc(C(=O)c3ccco3)n2)CC(F)(F)F)cc1C(F)(F)F. The van der Waals surface area contributed by atoms with Gasteiger partial charge in [0, 0.05) is 5.69 Å². The van der Waals surface area contributed by atoms with E-state index in [9.17, 15) is 31.1 Å². The highest BCUT2D eigenvalue weighted by Crippen LogP contribution is 2.39. The minimum atomic E-state index is -4.95. The molecule has 2 heterocycles. The minimum Gasteiger partial charge on any atom is -0.461 e. The fraction of sp³-hybridized carbons (Fsp3) is 0.222. The number of nitrogens with zero attached hydrogens (tertiary/aromatic N) is 4. The Kier molecular flexibility index (Phi) is 5.74. The van der Waals surface area contributed by atoms with Crippen LogP contribution in [0.4, 0.5) is 37.7 Å². The number of benzene rings is 1. The molecule has 0 aliphatic carbocycles. The summed E-state index contributed by atoms with van der Waals surface area (Å²) in [5, 5.41) is 3.42. The van der Waals surface area contributed by atoms with Crippen molar-refractivity contribution < 1.29 is 40.1 Å². The number of furan rings is 1. The van der Waals surface area contributed by atoms with Crippen molar-refractivity contribution in [2.24, 2.45) is 0 Å². The summed E-state index contributed by atoms with van der Waals surface area (Å²) in [4.78, 5) is 19.1. The van der Waals surface area contributed by atoms with Gasteiger partial charge >= 0.3 is 18.2 Å². The standard InChI is InChI=1S/C18H10F6N4O3/c1-25-12-5-4-10(7-11(12)18(22,23)24)28(9-17(19,20)21)8-14-26-16(31-27-14)15(29)13-3-2-6-30-13/h2-7H,8-9H2. The van der Waals surface area contributed by atoms with Crippen LogP contribution in [0.2, 0.25) is 0 Å². The number of carbonyl (C=O) groups is 1. The smallest absolute Gasteiger partial charge is 0.407 e. The van der Waals surface area contributed by atoms with Gasteiger partial charge in [-0.1, -0.05) is 11.2 Å². The minimum absolute atomic E-state index is 0.146. The van der Waals surface area contributed by atoms with Gasteiger partial charge < -0.3 is 13.8 Å². The maximum absolute atomic E-state index is 13.2. The summed E-state index contributed by atoms with van der Waals surface area (Å²) in [7, 11) is 0. The predicted octanol–water partition coefficient (Wildman–Crippen LogP) is 5.03. The van der Waals surface area contributed by atoms with Crippen molar-refractivity contribution in [3.8, 4) is 0 Å². The molecule has 0 N–H and O–H groups in total. The lowest BCUT2D eigenvalue weighted by Gasteiger charge is -2.25. The summed E-state index contributed by atoms with van der Waals surface area (Å²) < 4.78 is 88.4. The number of ketones is 1. The van der Waals surface area contributed by atoms with Crippen LogP contribution in [-0.4, -0.2) is 28.6 Å². The number of aromatic nitrogens is 2. The molecule has 0 unspecified atom stereocenters. The van der Waals surface area contributed by atoms with Crippen molar-refractivity contribution >= 4 is 17.2 Å². The Balaban J connectivity index is 1.93. The van der Waals surface area contributed by atoms with Gasteiger partial charge in [0.2, 0.25) is 0 Å². The van der Waals surface area contributed by atoms with Crippen molar-refractivity contribution in [3.63, 3.8) is 0 Å². The second kappa shape index (κ2) is 8.13. The molecule has 2 aromatic heterocycles. The van der Waals surface area contributed by atoms with E-state index < -0.39 is 54.1 Å². The average molecular weight is 444 g/mol. The van der Waals surface area contributed by atoms with Crippen molar-refractivity contribution in [2.45, 2.75) is 18.9 Å². The first-order valence-corrected chi connectivity index (χ1v) is 8.29. The highest BCUT2D eigenvalue weighted by atomic mass is 19.4. The lowest BCUT2D eigenvalue weighted by atomic mass is 10.1. The largest absolute Gasteiger partial charge is 0.461 e. The Bertz CT molecular complexity index is 1110. The monoisotopic (exact) mass is 444 g/mol. The molecule has 1 aromatic carbocycles. The normalized spacial score (nSPS) is 11.9. The summed E-state index contributed by atoms with van der Waals surface area (Å²) in [6.45, 7) is 4.47. The van der Waals surface area contributed by atoms with Gasteiger partial charge in [0.25, 0.3) is 5.78 Å². The van der Waals surface area contributed by atoms with Crippen molar-refractivity contribution in [1.29, 1.82) is 0 Å². The molecule has 0 spiro atoms. The third-order valence-corrected chi connectivity index (χ3v) is 3.88. The molecule has 0 saturated carbocycles. The number of rotatable bonds is 6. The summed E-state index contributed by atoms with van der Waals surface area (Å²) in [6, 6.07) is 4.88. The van der Waals surface area contributed by atoms with E-state index in [1.807, 2.05) is 0 Å². The molecule has 13 heteroatoms. The van der Waals surface area contributed by atoms with E-state index in [1.165, 1.54) is 18.4 Å². The number of carbonyl (C=O) groups excluding carboxylic acids is 1. The molecule has 0 fully saturated rings. The third-order valence-electron chi connectivity index (χ3n) is 3.88. The number of alkyl halides is 6. The van der Waals surface area contributed by atoms with Gasteiger partial charge in [0.1, 0.15) is 6.54 Å². The van der Waals surface area contributed by atoms with Crippen LogP contribution < -0.4 is 4.90 Å². The quantitative estimate of drug-likeness (QED) is 0.302. The van der Waals surface area contributed by atoms with Crippen molar-refractivity contribution in [3.05, 3.63) is 71.1 Å². The molecule has 3 rings (SSSR count). The first-order valence-electron chi connectivity index (χ1n) is 8.29. The lowest BCUT2D eigenvalue weighted by Crippen LogP contribution is -2.34. The van der Waals surface area contributed by atoms with E-state index in [-0.39, 0.29) is 11.6 Å². The summed E-state index contributed by atoms with van der Waals surface area (Å²) in [5.74, 6) is -1.89. The Hall–Kier alpha value is -3.82. The zero-order valence-electron chi connectivity index (χ0n) is 15.2. The number of hydrogen-bond acceptors (Lipinski definition) is 6. The summed E-state index contributed by atoms with van der Waals surface area (Å²) in [5.41, 5.74) is -2.61. The molecule has 0 saturated heterocycles. The molecule has 0 atom stereocenters. The van der Waals surface area contributed by atoms with Gasteiger partial charge in [0.05, 0.1) is 24.9 Å². The van der Waals surface area contributed by atoms with Crippen LogP contribution in [0.3, 0.4) is 0 Å². The van der Waals surface area contributed by atoms with Gasteiger partial charge in [-0.05, 0) is 24.3 Å². The molecule has 0 aliphatic heterocycles. The molecular formula is C18H10F6N4O3. The highest BCUT2D eigenvalue weighted by molar-refractivity contribution is 6.03. The second-order valence-electron chi connectivity index (χ2n) is 6.10. The van der Waals surface area contributed by atoms with Gasteiger partial charge in [-0.15, -0.1) is 0 Å². The molecular weight excluding hydrogens is 434 g/mol. The highest BCUT2D eigenvalue weighted by Gasteiger charge is 2.36. The van der Waals surface area contributed by atoms with E-state index in [0.29, 0.717) is 11.0 Å². The third kappa shape index (κ3) is 5.21. The topological polar surface area (TPSA) is 76.7 Å². The van der Waals surface area contributed by atoms with Crippen molar-refractivity contribution in [2.75, 3.05) is 11.4 Å². The molecule has 7 nitrogen and oxygen atoms in total. The van der Waals surface area contributed by atoms with Gasteiger partial charge in [-0.3, -0.25) is 4.79 Å². The van der Waals surface area contributed by atoms with Crippen LogP contribution in [0.25, 0.3) is 4.85 Å². The van der Waals surface area contributed by atoms with E-state index in [1.54, 1.807) is 0 Å². The van der Waals surface area contributed by atoms with Crippen LogP contribution in [0, 0.1) is 6.57 Å². The Morgan fingerprint density at radius 1 is 1.16 bits per heavy atom.